The summed E-state index contributed by atoms with van der Waals surface area (Å²) >= 11 is 6.94. The molecule has 13 heteroatoms. The summed E-state index contributed by atoms with van der Waals surface area (Å²) in [7, 11) is -2.79. The van der Waals surface area contributed by atoms with Crippen LogP contribution in [0.3, 0.4) is 0 Å². The normalized spacial score (nSPS) is 14.7. The summed E-state index contributed by atoms with van der Waals surface area (Å²) in [5.41, 5.74) is 0.786. The number of hydrogen-bond acceptors (Lipinski definition) is 7. The maximum atomic E-state index is 13.2. The molecule has 0 spiro atoms. The minimum atomic E-state index is -4.10. The number of hydrogen-bond donors (Lipinski definition) is 1. The van der Waals surface area contributed by atoms with E-state index in [1.54, 1.807) is 30.6 Å². The van der Waals surface area contributed by atoms with Crippen molar-refractivity contribution in [3.8, 4) is 0 Å². The van der Waals surface area contributed by atoms with Crippen molar-refractivity contribution in [3.05, 3.63) is 93.9 Å². The van der Waals surface area contributed by atoms with Gasteiger partial charge in [-0.1, -0.05) is 17.7 Å². The largest absolute Gasteiger partial charge is 0.350 e. The molecule has 3 aromatic rings. The van der Waals surface area contributed by atoms with Gasteiger partial charge in [0.1, 0.15) is 5.82 Å². The molecule has 0 unspecified atom stereocenters. The summed E-state index contributed by atoms with van der Waals surface area (Å²) in [5.74, 6) is -1.69. The van der Waals surface area contributed by atoms with E-state index < -0.39 is 32.9 Å². The quantitative estimate of drug-likeness (QED) is 0.401. The number of halogens is 2. The van der Waals surface area contributed by atoms with Gasteiger partial charge in [0.2, 0.25) is 0 Å². The van der Waals surface area contributed by atoms with Gasteiger partial charge in [-0.05, 0) is 71.9 Å². The third-order valence-electron chi connectivity index (χ3n) is 5.51. The van der Waals surface area contributed by atoms with E-state index in [1.165, 1.54) is 31.3 Å². The van der Waals surface area contributed by atoms with E-state index in [0.717, 1.165) is 39.2 Å². The van der Waals surface area contributed by atoms with Crippen LogP contribution in [0.4, 0.5) is 14.9 Å². The number of sulfonamides is 1. The standard InChI is InChI=1S/C25H20ClFN4O5S2/c1-30(18-6-4-17(27)5-7-18)38(35,36)19-8-9-21(26)20(14-19)23(32)29-11-12-31-24(33)22(37-25(31)34)13-16-3-2-10-28-15-16/h2-10,13-15H,11-12H2,1H3,(H,29,32)/b22-13+. The number of nitrogens with zero attached hydrogens (tertiary/aromatic N) is 3. The lowest BCUT2D eigenvalue weighted by Gasteiger charge is -2.20. The fourth-order valence-electron chi connectivity index (χ4n) is 3.47. The maximum Gasteiger partial charge on any atom is 0.293 e. The number of pyridine rings is 1. The highest BCUT2D eigenvalue weighted by molar-refractivity contribution is 8.18. The third-order valence-corrected chi connectivity index (χ3v) is 8.53. The maximum absolute atomic E-state index is 13.2. The van der Waals surface area contributed by atoms with E-state index in [9.17, 15) is 27.2 Å². The molecule has 4 rings (SSSR count). The number of carbonyl (C=O) groups excluding carboxylic acids is 3. The molecule has 0 bridgehead atoms. The number of benzene rings is 2. The molecule has 0 saturated carbocycles. The number of anilines is 1. The molecule has 0 radical (unpaired) electrons. The van der Waals surface area contributed by atoms with E-state index >= 15 is 0 Å². The van der Waals surface area contributed by atoms with Gasteiger partial charge in [0.05, 0.1) is 26.1 Å². The zero-order chi connectivity index (χ0) is 27.4. The lowest BCUT2D eigenvalue weighted by molar-refractivity contribution is -0.122. The summed E-state index contributed by atoms with van der Waals surface area (Å²) in [4.78, 5) is 42.8. The van der Waals surface area contributed by atoms with Crippen molar-refractivity contribution >= 4 is 62.2 Å². The second-order valence-corrected chi connectivity index (χ2v) is 11.3. The van der Waals surface area contributed by atoms with Crippen LogP contribution in [0.15, 0.2) is 76.8 Å². The molecule has 196 valence electrons. The van der Waals surface area contributed by atoms with Gasteiger partial charge in [0.15, 0.2) is 0 Å². The smallest absolute Gasteiger partial charge is 0.293 e. The molecule has 9 nitrogen and oxygen atoms in total. The Morgan fingerprint density at radius 1 is 1.18 bits per heavy atom. The monoisotopic (exact) mass is 574 g/mol. The Labute approximate surface area is 227 Å². The number of nitrogens with one attached hydrogen (secondary N) is 1. The number of imide groups is 1. The van der Waals surface area contributed by atoms with Crippen molar-refractivity contribution in [3.63, 3.8) is 0 Å². The molecule has 38 heavy (non-hydrogen) atoms. The van der Waals surface area contributed by atoms with E-state index in [1.807, 2.05) is 0 Å². The number of aromatic nitrogens is 1. The minimum Gasteiger partial charge on any atom is -0.350 e. The molecule has 3 amide bonds. The van der Waals surface area contributed by atoms with Crippen molar-refractivity contribution in [2.45, 2.75) is 4.90 Å². The van der Waals surface area contributed by atoms with Crippen molar-refractivity contribution in [1.29, 1.82) is 0 Å². The SMILES string of the molecule is CN(c1ccc(F)cc1)S(=O)(=O)c1ccc(Cl)c(C(=O)NCCN2C(=O)S/C(=C/c3cccnc3)C2=O)c1. The van der Waals surface area contributed by atoms with E-state index in [2.05, 4.69) is 10.3 Å². The first-order valence-electron chi connectivity index (χ1n) is 11.1. The van der Waals surface area contributed by atoms with Crippen molar-refractivity contribution < 1.29 is 27.2 Å². The Morgan fingerprint density at radius 2 is 1.92 bits per heavy atom. The van der Waals surface area contributed by atoms with Crippen LogP contribution in [0.2, 0.25) is 5.02 Å². The molecule has 1 aliphatic heterocycles. The fourth-order valence-corrected chi connectivity index (χ4v) is 5.76. The van der Waals surface area contributed by atoms with Gasteiger partial charge in [-0.3, -0.25) is 28.6 Å². The van der Waals surface area contributed by atoms with Crippen molar-refractivity contribution in [2.24, 2.45) is 0 Å². The average molecular weight is 575 g/mol. The topological polar surface area (TPSA) is 117 Å². The number of carbonyl (C=O) groups is 3. The van der Waals surface area contributed by atoms with Crippen molar-refractivity contribution in [1.82, 2.24) is 15.2 Å². The van der Waals surface area contributed by atoms with Crippen LogP contribution in [0.25, 0.3) is 6.08 Å². The molecular weight excluding hydrogens is 555 g/mol. The summed E-state index contributed by atoms with van der Waals surface area (Å²) in [5, 5.41) is 2.09. The highest BCUT2D eigenvalue weighted by Crippen LogP contribution is 2.32. The predicted octanol–water partition coefficient (Wildman–Crippen LogP) is 4.17. The second-order valence-electron chi connectivity index (χ2n) is 7.97. The van der Waals surface area contributed by atoms with Crippen LogP contribution in [-0.4, -0.2) is 55.5 Å². The van der Waals surface area contributed by atoms with Crippen LogP contribution >= 0.6 is 23.4 Å². The molecule has 1 saturated heterocycles. The van der Waals surface area contributed by atoms with Crippen LogP contribution in [0.5, 0.6) is 0 Å². The minimum absolute atomic E-state index is 0.0106. The summed E-state index contributed by atoms with van der Waals surface area (Å²) in [6.07, 6.45) is 4.71. The fraction of sp³-hybridized carbons (Fsp3) is 0.120. The van der Waals surface area contributed by atoms with Crippen LogP contribution in [0.1, 0.15) is 15.9 Å². The Kier molecular flexibility index (Phi) is 8.14. The molecule has 0 atom stereocenters. The number of thioether (sulfide) groups is 1. The average Bonchev–Trinajstić information content (AvgIpc) is 3.16. The highest BCUT2D eigenvalue weighted by atomic mass is 35.5. The molecule has 2 heterocycles. The van der Waals surface area contributed by atoms with Gasteiger partial charge in [-0.2, -0.15) is 0 Å². The first-order chi connectivity index (χ1) is 18.1. The van der Waals surface area contributed by atoms with Gasteiger partial charge >= 0.3 is 0 Å². The van der Waals surface area contributed by atoms with Crippen LogP contribution in [0, 0.1) is 5.82 Å². The molecule has 1 fully saturated rings. The second kappa shape index (κ2) is 11.3. The van der Waals surface area contributed by atoms with Gasteiger partial charge < -0.3 is 5.32 Å². The van der Waals surface area contributed by atoms with Gasteiger partial charge in [-0.15, -0.1) is 0 Å². The predicted molar refractivity (Wildman–Crippen MR) is 143 cm³/mol. The Hall–Kier alpha value is -3.74. The molecular formula is C25H20ClFN4O5S2. The first-order valence-corrected chi connectivity index (χ1v) is 13.7. The summed E-state index contributed by atoms with van der Waals surface area (Å²) in [6, 6.07) is 12.0. The lowest BCUT2D eigenvalue weighted by atomic mass is 10.2. The number of rotatable bonds is 8. The Balaban J connectivity index is 1.43. The van der Waals surface area contributed by atoms with Crippen molar-refractivity contribution in [2.75, 3.05) is 24.4 Å². The highest BCUT2D eigenvalue weighted by Gasteiger charge is 2.34. The molecule has 2 aromatic carbocycles. The third kappa shape index (κ3) is 5.87. The van der Waals surface area contributed by atoms with Gasteiger partial charge in [0.25, 0.3) is 27.1 Å². The van der Waals surface area contributed by atoms with E-state index in [-0.39, 0.29) is 39.2 Å². The van der Waals surface area contributed by atoms with E-state index in [0.29, 0.717) is 5.56 Å². The van der Waals surface area contributed by atoms with Gasteiger partial charge in [-0.25, -0.2) is 12.8 Å². The summed E-state index contributed by atoms with van der Waals surface area (Å²) < 4.78 is 40.4. The van der Waals surface area contributed by atoms with Gasteiger partial charge in [0, 0.05) is 32.5 Å². The van der Waals surface area contributed by atoms with Crippen LogP contribution in [-0.2, 0) is 14.8 Å². The molecule has 0 aliphatic carbocycles. The molecule has 1 aromatic heterocycles. The van der Waals surface area contributed by atoms with E-state index in [4.69, 9.17) is 11.6 Å². The molecule has 1 aliphatic rings. The van der Waals surface area contributed by atoms with Crippen LogP contribution < -0.4 is 9.62 Å². The summed E-state index contributed by atoms with van der Waals surface area (Å²) in [6.45, 7) is -0.177. The Morgan fingerprint density at radius 3 is 2.61 bits per heavy atom. The number of amides is 3. The molecule has 1 N–H and O–H groups in total. The first kappa shape index (κ1) is 27.3. The lowest BCUT2D eigenvalue weighted by Crippen LogP contribution is -2.37. The zero-order valence-electron chi connectivity index (χ0n) is 19.8. The zero-order valence-corrected chi connectivity index (χ0v) is 22.2. The Bertz CT molecular complexity index is 1530.